The van der Waals surface area contributed by atoms with Crippen LogP contribution in [0.15, 0.2) is 42.9 Å². The molecule has 3 rings (SSSR count). The number of hydrogen-bond acceptors (Lipinski definition) is 13. The zero-order valence-corrected chi connectivity index (χ0v) is 39.7. The van der Waals surface area contributed by atoms with Crippen LogP contribution in [-0.2, 0) is 65.6 Å². The van der Waals surface area contributed by atoms with Crippen LogP contribution in [0.5, 0.6) is 0 Å². The van der Waals surface area contributed by atoms with Crippen LogP contribution in [0.1, 0.15) is 84.4 Å². The number of hydrogen-bond donors (Lipinski definition) is 12. The van der Waals surface area contributed by atoms with Crippen molar-refractivity contribution in [2.45, 2.75) is 134 Å². The van der Waals surface area contributed by atoms with Gasteiger partial charge in [-0.15, -0.1) is 0 Å². The molecule has 1 aliphatic heterocycles. The first-order valence-electron chi connectivity index (χ1n) is 22.8. The summed E-state index contributed by atoms with van der Waals surface area (Å²) in [6.07, 6.45) is 1.06. The highest BCUT2D eigenvalue weighted by atomic mass is 16.4. The molecule has 2 heterocycles. The van der Waals surface area contributed by atoms with Crippen molar-refractivity contribution < 1.29 is 68.1 Å². The van der Waals surface area contributed by atoms with Crippen molar-refractivity contribution in [2.24, 2.45) is 17.6 Å². The van der Waals surface area contributed by atoms with E-state index in [2.05, 4.69) is 47.2 Å². The third-order valence-corrected chi connectivity index (χ3v) is 10.9. The second-order valence-electron chi connectivity index (χ2n) is 17.9. The van der Waals surface area contributed by atoms with Crippen molar-refractivity contribution in [3.8, 4) is 0 Å². The van der Waals surface area contributed by atoms with E-state index in [1.165, 1.54) is 19.4 Å². The molecule has 0 saturated carbocycles. The fourth-order valence-electron chi connectivity index (χ4n) is 7.47. The van der Waals surface area contributed by atoms with Gasteiger partial charge in [0, 0.05) is 31.3 Å². The first kappa shape index (κ1) is 56.9. The Kier molecular flexibility index (Phi) is 22.4. The molecule has 25 nitrogen and oxygen atoms in total. The van der Waals surface area contributed by atoms with Crippen LogP contribution in [0.3, 0.4) is 0 Å². The molecule has 13 N–H and O–H groups in total. The van der Waals surface area contributed by atoms with E-state index in [1.807, 2.05) is 0 Å². The van der Waals surface area contributed by atoms with Crippen molar-refractivity contribution in [3.63, 3.8) is 0 Å². The summed E-state index contributed by atoms with van der Waals surface area (Å²) in [6, 6.07) is -2.61. The highest BCUT2D eigenvalue weighted by Gasteiger charge is 2.40. The van der Waals surface area contributed by atoms with Gasteiger partial charge in [0.15, 0.2) is 0 Å². The van der Waals surface area contributed by atoms with E-state index in [4.69, 9.17) is 5.73 Å². The Morgan fingerprint density at radius 1 is 0.671 bits per heavy atom. The number of aromatic nitrogens is 2. The molecule has 384 valence electrons. The van der Waals surface area contributed by atoms with Crippen molar-refractivity contribution in [1.29, 1.82) is 0 Å². The summed E-state index contributed by atoms with van der Waals surface area (Å²) in [5.74, 6) is -11.9. The third kappa shape index (κ3) is 18.9. The van der Waals surface area contributed by atoms with Crippen molar-refractivity contribution in [3.05, 3.63) is 54.1 Å². The summed E-state index contributed by atoms with van der Waals surface area (Å²) < 4.78 is 0. The lowest BCUT2D eigenvalue weighted by Crippen LogP contribution is -2.59. The number of carbonyl (C=O) groups is 11. The number of rotatable bonds is 28. The van der Waals surface area contributed by atoms with Gasteiger partial charge in [-0.25, -0.2) is 9.78 Å². The standard InChI is InChI=1S/C45H65N11O14/c1-23(2)14-28(51-38(62)25(5)46)40(64)52-29(16-26-10-7-6-8-11-26)41(65)53-31(18-36(58)59)39(63)48-21-35(57)50-32(19-37(60)61)44(68)56-13-9-12-34(56)43(67)54-30(17-27-20-47-22-49-27)42(66)55-33(45(69)70)15-24(3)4/h6-8,10-11,20,22-25,28-34H,9,12-19,21,46H2,1-5H3,(H,47,49)(H,48,63)(H,50,57)(H,51,62)(H,52,64)(H,53,65)(H,54,67)(H,55,66)(H,58,59)(H,60,61)(H,69,70)/t25-,28-,29-,30-,31-,32-,33-,34-/m0/s1. The van der Waals surface area contributed by atoms with E-state index in [0.29, 0.717) is 11.3 Å². The van der Waals surface area contributed by atoms with E-state index >= 15 is 0 Å². The first-order valence-corrected chi connectivity index (χ1v) is 22.8. The summed E-state index contributed by atoms with van der Waals surface area (Å²) in [6.45, 7) is 7.56. The Bertz CT molecular complexity index is 2170. The molecule has 0 radical (unpaired) electrons. The van der Waals surface area contributed by atoms with E-state index in [1.54, 1.807) is 58.0 Å². The summed E-state index contributed by atoms with van der Waals surface area (Å²) in [7, 11) is 0. The number of imidazole rings is 1. The van der Waals surface area contributed by atoms with Crippen LogP contribution in [0.25, 0.3) is 0 Å². The van der Waals surface area contributed by atoms with Gasteiger partial charge in [-0.1, -0.05) is 58.0 Å². The summed E-state index contributed by atoms with van der Waals surface area (Å²) in [5, 5.41) is 46.0. The number of carbonyl (C=O) groups excluding carboxylic acids is 8. The smallest absolute Gasteiger partial charge is 0.326 e. The van der Waals surface area contributed by atoms with Gasteiger partial charge in [-0.2, -0.15) is 0 Å². The largest absolute Gasteiger partial charge is 0.481 e. The number of nitrogens with two attached hydrogens (primary N) is 1. The second kappa shape index (κ2) is 27.5. The van der Waals surface area contributed by atoms with E-state index in [-0.39, 0.29) is 56.9 Å². The van der Waals surface area contributed by atoms with Crippen LogP contribution in [0.4, 0.5) is 0 Å². The molecular formula is C45H65N11O14. The highest BCUT2D eigenvalue weighted by molar-refractivity contribution is 5.99. The molecule has 0 spiro atoms. The van der Waals surface area contributed by atoms with Crippen LogP contribution < -0.4 is 43.0 Å². The molecule has 1 aromatic carbocycles. The van der Waals surface area contributed by atoms with Crippen LogP contribution >= 0.6 is 0 Å². The minimum absolute atomic E-state index is 0.0608. The molecule has 0 unspecified atom stereocenters. The number of benzene rings is 1. The quantitative estimate of drug-likeness (QED) is 0.0426. The van der Waals surface area contributed by atoms with Gasteiger partial charge in [-0.3, -0.25) is 47.9 Å². The Hall–Kier alpha value is -7.44. The lowest BCUT2D eigenvalue weighted by Gasteiger charge is -2.29. The number of nitrogens with zero attached hydrogens (tertiary/aromatic N) is 2. The molecule has 25 heteroatoms. The number of likely N-dealkylation sites (tertiary alicyclic amines) is 1. The van der Waals surface area contributed by atoms with Crippen molar-refractivity contribution in [1.82, 2.24) is 52.1 Å². The molecular weight excluding hydrogens is 919 g/mol. The topological polar surface area (TPSA) is 391 Å². The lowest BCUT2D eigenvalue weighted by molar-refractivity contribution is -0.146. The van der Waals surface area contributed by atoms with Crippen molar-refractivity contribution in [2.75, 3.05) is 13.1 Å². The average molecular weight is 984 g/mol. The minimum Gasteiger partial charge on any atom is -0.481 e. The molecule has 70 heavy (non-hydrogen) atoms. The third-order valence-electron chi connectivity index (χ3n) is 10.9. The van der Waals surface area contributed by atoms with Crippen LogP contribution in [0.2, 0.25) is 0 Å². The fourth-order valence-corrected chi connectivity index (χ4v) is 7.47. The van der Waals surface area contributed by atoms with Gasteiger partial charge in [0.25, 0.3) is 0 Å². The minimum atomic E-state index is -1.83. The number of nitrogens with one attached hydrogen (secondary N) is 8. The van der Waals surface area contributed by atoms with Crippen LogP contribution in [0, 0.1) is 11.8 Å². The lowest BCUT2D eigenvalue weighted by atomic mass is 10.0. The number of carboxylic acid groups (broad SMARTS) is 3. The maximum absolute atomic E-state index is 13.9. The van der Waals surface area contributed by atoms with E-state index in [0.717, 1.165) is 4.90 Å². The number of aromatic amines is 1. The molecule has 1 aromatic heterocycles. The normalized spacial score (nSPS) is 16.3. The van der Waals surface area contributed by atoms with Gasteiger partial charge in [0.05, 0.1) is 31.8 Å². The predicted molar refractivity (Wildman–Crippen MR) is 246 cm³/mol. The summed E-state index contributed by atoms with van der Waals surface area (Å²) >= 11 is 0. The predicted octanol–water partition coefficient (Wildman–Crippen LogP) is -2.32. The van der Waals surface area contributed by atoms with Gasteiger partial charge < -0.3 is 68.2 Å². The molecule has 1 fully saturated rings. The van der Waals surface area contributed by atoms with Gasteiger partial charge >= 0.3 is 17.9 Å². The molecule has 8 atom stereocenters. The Morgan fingerprint density at radius 3 is 1.77 bits per heavy atom. The summed E-state index contributed by atoms with van der Waals surface area (Å²) in [4.78, 5) is 151. The molecule has 0 aliphatic carbocycles. The molecule has 1 saturated heterocycles. The Morgan fingerprint density at radius 2 is 1.21 bits per heavy atom. The monoisotopic (exact) mass is 983 g/mol. The van der Waals surface area contributed by atoms with Gasteiger partial charge in [0.2, 0.25) is 47.3 Å². The molecule has 1 aliphatic rings. The number of carboxylic acids is 3. The molecule has 2 aromatic rings. The van der Waals surface area contributed by atoms with E-state index < -0.39 is 133 Å². The van der Waals surface area contributed by atoms with Crippen molar-refractivity contribution >= 4 is 65.2 Å². The van der Waals surface area contributed by atoms with Gasteiger partial charge in [-0.05, 0) is 50.0 Å². The maximum atomic E-state index is 13.9. The molecule has 8 amide bonds. The molecule has 0 bridgehead atoms. The Balaban J connectivity index is 1.76. The van der Waals surface area contributed by atoms with E-state index in [9.17, 15) is 68.1 Å². The zero-order valence-electron chi connectivity index (χ0n) is 39.7. The fraction of sp³-hybridized carbons (Fsp3) is 0.556. The first-order chi connectivity index (χ1) is 32.9. The summed E-state index contributed by atoms with van der Waals surface area (Å²) in [5.41, 5.74) is 6.67. The second-order valence-corrected chi connectivity index (χ2v) is 17.9. The zero-order chi connectivity index (χ0) is 52.2. The Labute approximate surface area is 403 Å². The SMILES string of the molecule is CC(C)C[C@H](NC(=O)[C@H](Cc1cnc[nH]1)NC(=O)[C@@H]1CCCN1C(=O)[C@H](CC(=O)O)NC(=O)CNC(=O)[C@H](CC(=O)O)NC(=O)[C@H](Cc1ccccc1)NC(=O)[C@H](CC(C)C)NC(=O)[C@H](C)N)C(=O)O. The number of amides is 8. The maximum Gasteiger partial charge on any atom is 0.326 e. The number of aliphatic carboxylic acids is 3. The average Bonchev–Trinajstić information content (AvgIpc) is 3.99. The van der Waals surface area contributed by atoms with Crippen LogP contribution in [-0.4, -0.2) is 157 Å². The number of H-pyrrole nitrogens is 1. The van der Waals surface area contributed by atoms with Gasteiger partial charge in [0.1, 0.15) is 42.3 Å². The highest BCUT2D eigenvalue weighted by Crippen LogP contribution is 2.20.